The predicted molar refractivity (Wildman–Crippen MR) is 137 cm³/mol. The maximum absolute atomic E-state index is 13.3. The second-order valence-corrected chi connectivity index (χ2v) is 9.70. The summed E-state index contributed by atoms with van der Waals surface area (Å²) in [4.78, 5) is 64.8. The lowest BCUT2D eigenvalue weighted by atomic mass is 9.99. The summed E-state index contributed by atoms with van der Waals surface area (Å²) in [5, 5.41) is 18.1. The van der Waals surface area contributed by atoms with Crippen LogP contribution in [0, 0.1) is 11.8 Å². The number of benzene rings is 1. The summed E-state index contributed by atoms with van der Waals surface area (Å²) in [5.41, 5.74) is 12.4. The van der Waals surface area contributed by atoms with Crippen molar-refractivity contribution in [3.63, 3.8) is 0 Å². The normalized spacial score (nSPS) is 14.6. The minimum absolute atomic E-state index is 0.0615. The number of primary amides is 1. The summed E-state index contributed by atoms with van der Waals surface area (Å²) in [5.74, 6) is -4.84. The van der Waals surface area contributed by atoms with Gasteiger partial charge in [0.1, 0.15) is 18.1 Å². The average molecular weight is 517 g/mol. The van der Waals surface area contributed by atoms with Crippen LogP contribution in [0.5, 0.6) is 0 Å². The standard InChI is InChI=1S/C25H36N6O6/c1-12(2)20(30-22(33)16(26)10-19(27)32)24(35)29-18(23(34)31-21(13(3)4)25(36)37)9-14-11-28-17-8-6-5-7-15(14)17/h5-8,11-13,16,18,20-21,28H,9-10,26H2,1-4H3,(H2,27,32)(H,29,35)(H,30,33)(H,31,34)(H,36,37). The number of para-hydroxylation sites is 1. The summed E-state index contributed by atoms with van der Waals surface area (Å²) >= 11 is 0. The number of amides is 4. The lowest BCUT2D eigenvalue weighted by Gasteiger charge is -2.27. The molecule has 0 aliphatic heterocycles. The van der Waals surface area contributed by atoms with Gasteiger partial charge in [-0.15, -0.1) is 0 Å². The highest BCUT2D eigenvalue weighted by Gasteiger charge is 2.33. The van der Waals surface area contributed by atoms with Crippen LogP contribution in [-0.4, -0.2) is 63.9 Å². The van der Waals surface area contributed by atoms with Crippen molar-refractivity contribution >= 4 is 40.5 Å². The Hall–Kier alpha value is -3.93. The number of carbonyl (C=O) groups is 5. The first-order valence-electron chi connectivity index (χ1n) is 12.0. The fraction of sp³-hybridized carbons (Fsp3) is 0.480. The first-order chi connectivity index (χ1) is 17.3. The van der Waals surface area contributed by atoms with Crippen LogP contribution in [0.15, 0.2) is 30.5 Å². The van der Waals surface area contributed by atoms with Crippen molar-refractivity contribution in [2.24, 2.45) is 23.3 Å². The number of H-pyrrole nitrogens is 1. The van der Waals surface area contributed by atoms with E-state index in [1.807, 2.05) is 24.3 Å². The highest BCUT2D eigenvalue weighted by atomic mass is 16.4. The molecule has 0 saturated carbocycles. The Kier molecular flexibility index (Phi) is 10.2. The van der Waals surface area contributed by atoms with Crippen LogP contribution in [0.4, 0.5) is 0 Å². The third-order valence-electron chi connectivity index (χ3n) is 5.97. The molecule has 4 unspecified atom stereocenters. The summed E-state index contributed by atoms with van der Waals surface area (Å²) in [6.07, 6.45) is 1.39. The molecule has 9 N–H and O–H groups in total. The number of hydrogen-bond donors (Lipinski definition) is 7. The van der Waals surface area contributed by atoms with E-state index in [9.17, 15) is 29.1 Å². The number of hydrogen-bond acceptors (Lipinski definition) is 6. The molecule has 4 atom stereocenters. The lowest BCUT2D eigenvalue weighted by molar-refractivity contribution is -0.143. The van der Waals surface area contributed by atoms with Gasteiger partial charge in [0, 0.05) is 23.5 Å². The Bertz CT molecular complexity index is 1140. The van der Waals surface area contributed by atoms with E-state index < -0.39 is 72.0 Å². The summed E-state index contributed by atoms with van der Waals surface area (Å²) in [6, 6.07) is 2.80. The summed E-state index contributed by atoms with van der Waals surface area (Å²) < 4.78 is 0. The fourth-order valence-corrected chi connectivity index (χ4v) is 3.86. The van der Waals surface area contributed by atoms with Gasteiger partial charge < -0.3 is 37.5 Å². The fourth-order valence-electron chi connectivity index (χ4n) is 3.86. The van der Waals surface area contributed by atoms with Crippen LogP contribution < -0.4 is 27.4 Å². The van der Waals surface area contributed by atoms with Crippen LogP contribution in [-0.2, 0) is 30.4 Å². The first-order valence-corrected chi connectivity index (χ1v) is 12.0. The number of aliphatic carboxylic acids is 1. The van der Waals surface area contributed by atoms with E-state index >= 15 is 0 Å². The molecule has 0 fully saturated rings. The number of nitrogens with two attached hydrogens (primary N) is 2. The highest BCUT2D eigenvalue weighted by Crippen LogP contribution is 2.19. The van der Waals surface area contributed by atoms with E-state index in [4.69, 9.17) is 11.5 Å². The molecular weight excluding hydrogens is 480 g/mol. The number of aromatic nitrogens is 1. The summed E-state index contributed by atoms with van der Waals surface area (Å²) in [7, 11) is 0. The molecule has 0 saturated heterocycles. The topological polar surface area (TPSA) is 210 Å². The zero-order valence-electron chi connectivity index (χ0n) is 21.4. The zero-order chi connectivity index (χ0) is 27.9. The van der Waals surface area contributed by atoms with Gasteiger partial charge in [-0.05, 0) is 23.5 Å². The molecule has 4 amide bonds. The zero-order valence-corrected chi connectivity index (χ0v) is 21.4. The van der Waals surface area contributed by atoms with Gasteiger partial charge in [-0.1, -0.05) is 45.9 Å². The van der Waals surface area contributed by atoms with Crippen LogP contribution in [0.2, 0.25) is 0 Å². The molecule has 12 nitrogen and oxygen atoms in total. The van der Waals surface area contributed by atoms with Crippen LogP contribution in [0.1, 0.15) is 39.7 Å². The van der Waals surface area contributed by atoms with Gasteiger partial charge in [0.2, 0.25) is 23.6 Å². The molecule has 0 bridgehead atoms. The molecule has 1 aromatic carbocycles. The maximum Gasteiger partial charge on any atom is 0.326 e. The van der Waals surface area contributed by atoms with Crippen LogP contribution >= 0.6 is 0 Å². The molecule has 2 aromatic rings. The minimum atomic E-state index is -1.24. The van der Waals surface area contributed by atoms with E-state index in [0.29, 0.717) is 0 Å². The molecular formula is C25H36N6O6. The second-order valence-electron chi connectivity index (χ2n) is 9.70. The van der Waals surface area contributed by atoms with Gasteiger partial charge in [-0.2, -0.15) is 0 Å². The van der Waals surface area contributed by atoms with Crippen LogP contribution in [0.25, 0.3) is 10.9 Å². The van der Waals surface area contributed by atoms with E-state index in [2.05, 4.69) is 20.9 Å². The highest BCUT2D eigenvalue weighted by molar-refractivity contribution is 5.95. The SMILES string of the molecule is CC(C)C(NC(=O)C(Cc1c[nH]c2ccccc12)NC(=O)C(NC(=O)C(N)CC(N)=O)C(C)C)C(=O)O. The van der Waals surface area contributed by atoms with E-state index in [1.165, 1.54) is 0 Å². The molecule has 0 aliphatic carbocycles. The van der Waals surface area contributed by atoms with E-state index in [0.717, 1.165) is 16.5 Å². The molecule has 1 aromatic heterocycles. The van der Waals surface area contributed by atoms with Crippen molar-refractivity contribution in [2.75, 3.05) is 0 Å². The number of nitrogens with one attached hydrogen (secondary N) is 4. The van der Waals surface area contributed by atoms with E-state index in [-0.39, 0.29) is 6.42 Å². The maximum atomic E-state index is 13.3. The van der Waals surface area contributed by atoms with Gasteiger partial charge in [0.25, 0.3) is 0 Å². The Morgan fingerprint density at radius 2 is 1.49 bits per heavy atom. The molecule has 12 heteroatoms. The second kappa shape index (κ2) is 12.9. The van der Waals surface area contributed by atoms with Crippen molar-refractivity contribution in [3.05, 3.63) is 36.0 Å². The lowest BCUT2D eigenvalue weighted by Crippen LogP contribution is -2.59. The molecule has 37 heavy (non-hydrogen) atoms. The predicted octanol–water partition coefficient (Wildman–Crippen LogP) is -0.236. The monoisotopic (exact) mass is 516 g/mol. The number of aromatic amines is 1. The number of carboxylic acids is 1. The molecule has 0 aliphatic rings. The number of carbonyl (C=O) groups excluding carboxylic acids is 4. The number of carboxylic acid groups (broad SMARTS) is 1. The smallest absolute Gasteiger partial charge is 0.326 e. The largest absolute Gasteiger partial charge is 0.480 e. The van der Waals surface area contributed by atoms with Gasteiger partial charge >= 0.3 is 5.97 Å². The minimum Gasteiger partial charge on any atom is -0.480 e. The third-order valence-corrected chi connectivity index (χ3v) is 5.97. The van der Waals surface area contributed by atoms with Gasteiger partial charge in [0.15, 0.2) is 0 Å². The Labute approximate surface area is 214 Å². The number of rotatable bonds is 13. The molecule has 0 radical (unpaired) electrons. The van der Waals surface area contributed by atoms with Crippen molar-refractivity contribution in [1.29, 1.82) is 0 Å². The molecule has 202 valence electrons. The summed E-state index contributed by atoms with van der Waals surface area (Å²) in [6.45, 7) is 6.70. The van der Waals surface area contributed by atoms with Crippen LogP contribution in [0.3, 0.4) is 0 Å². The molecule has 2 rings (SSSR count). The van der Waals surface area contributed by atoms with Gasteiger partial charge in [-0.25, -0.2) is 4.79 Å². The van der Waals surface area contributed by atoms with Crippen molar-refractivity contribution in [2.45, 2.75) is 64.7 Å². The quantitative estimate of drug-likeness (QED) is 0.190. The Balaban J connectivity index is 2.31. The van der Waals surface area contributed by atoms with Crippen molar-refractivity contribution in [3.8, 4) is 0 Å². The van der Waals surface area contributed by atoms with E-state index in [1.54, 1.807) is 33.9 Å². The average Bonchev–Trinajstić information content (AvgIpc) is 3.21. The Morgan fingerprint density at radius 1 is 0.892 bits per heavy atom. The third kappa shape index (κ3) is 8.04. The van der Waals surface area contributed by atoms with Crippen molar-refractivity contribution in [1.82, 2.24) is 20.9 Å². The van der Waals surface area contributed by atoms with Crippen molar-refractivity contribution < 1.29 is 29.1 Å². The molecule has 0 spiro atoms. The Morgan fingerprint density at radius 3 is 2.05 bits per heavy atom. The number of fused-ring (bicyclic) bond motifs is 1. The molecule has 1 heterocycles. The van der Waals surface area contributed by atoms with Gasteiger partial charge in [0.05, 0.1) is 12.5 Å². The first kappa shape index (κ1) is 29.3. The van der Waals surface area contributed by atoms with Gasteiger partial charge in [-0.3, -0.25) is 19.2 Å².